The van der Waals surface area contributed by atoms with Crippen LogP contribution in [-0.4, -0.2) is 35.1 Å². The second-order valence-electron chi connectivity index (χ2n) is 4.90. The zero-order valence-corrected chi connectivity index (χ0v) is 12.7. The summed E-state index contributed by atoms with van der Waals surface area (Å²) in [5.74, 6) is 5.51. The fourth-order valence-corrected chi connectivity index (χ4v) is 2.16. The molecule has 20 heavy (non-hydrogen) atoms. The molecular weight excluding hydrogens is 250 g/mol. The molecule has 0 radical (unpaired) electrons. The first-order valence-corrected chi connectivity index (χ1v) is 7.05. The Hall–Kier alpha value is -1.79. The molecule has 0 saturated carbocycles. The molecule has 0 saturated heterocycles. The second kappa shape index (κ2) is 7.72. The van der Waals surface area contributed by atoms with Gasteiger partial charge in [0, 0.05) is 23.7 Å². The third-order valence-electron chi connectivity index (χ3n) is 3.36. The number of carbonyl (C=O) groups excluding carboxylic acids is 1. The number of aryl methyl sites for hydroxylation is 1. The largest absolute Gasteiger partial charge is 0.384 e. The lowest BCUT2D eigenvalue weighted by Crippen LogP contribution is -2.38. The van der Waals surface area contributed by atoms with Crippen molar-refractivity contribution in [2.45, 2.75) is 40.2 Å². The molecule has 108 valence electrons. The van der Waals surface area contributed by atoms with Crippen molar-refractivity contribution in [3.05, 3.63) is 34.9 Å². The van der Waals surface area contributed by atoms with Gasteiger partial charge in [-0.15, -0.1) is 0 Å². The Balaban J connectivity index is 3.11. The van der Waals surface area contributed by atoms with E-state index >= 15 is 0 Å². The smallest absolute Gasteiger partial charge is 0.254 e. The number of amides is 1. The van der Waals surface area contributed by atoms with Crippen molar-refractivity contribution in [2.24, 2.45) is 0 Å². The zero-order chi connectivity index (χ0) is 15.1. The Labute approximate surface area is 121 Å². The highest BCUT2D eigenvalue weighted by atomic mass is 16.2. The molecular formula is C17H23NO2. The lowest BCUT2D eigenvalue weighted by atomic mass is 10.0. The quantitative estimate of drug-likeness (QED) is 0.857. The van der Waals surface area contributed by atoms with Gasteiger partial charge in [-0.25, -0.2) is 0 Å². The van der Waals surface area contributed by atoms with E-state index in [1.54, 1.807) is 6.07 Å². The summed E-state index contributed by atoms with van der Waals surface area (Å²) >= 11 is 0. The molecule has 1 N–H and O–H groups in total. The molecule has 0 heterocycles. The summed E-state index contributed by atoms with van der Waals surface area (Å²) in [4.78, 5) is 14.5. The first kappa shape index (κ1) is 16.3. The maximum absolute atomic E-state index is 12.6. The van der Waals surface area contributed by atoms with E-state index in [1.807, 2.05) is 30.9 Å². The van der Waals surface area contributed by atoms with Gasteiger partial charge in [0.05, 0.1) is 0 Å². The van der Waals surface area contributed by atoms with Crippen LogP contribution in [0.5, 0.6) is 0 Å². The number of aliphatic hydroxyl groups excluding tert-OH is 1. The number of hydrogen-bond acceptors (Lipinski definition) is 2. The third kappa shape index (κ3) is 4.11. The van der Waals surface area contributed by atoms with Crippen molar-refractivity contribution >= 4 is 5.91 Å². The Morgan fingerprint density at radius 1 is 1.35 bits per heavy atom. The monoisotopic (exact) mass is 273 g/mol. The Bertz CT molecular complexity index is 526. The van der Waals surface area contributed by atoms with Crippen LogP contribution in [0.3, 0.4) is 0 Å². The summed E-state index contributed by atoms with van der Waals surface area (Å²) in [6, 6.07) is 5.82. The van der Waals surface area contributed by atoms with E-state index in [9.17, 15) is 4.79 Å². The van der Waals surface area contributed by atoms with Crippen molar-refractivity contribution in [2.75, 3.05) is 13.2 Å². The second-order valence-corrected chi connectivity index (χ2v) is 4.90. The highest BCUT2D eigenvalue weighted by molar-refractivity contribution is 5.95. The van der Waals surface area contributed by atoms with Crippen LogP contribution in [-0.2, 0) is 0 Å². The predicted molar refractivity (Wildman–Crippen MR) is 81.6 cm³/mol. The number of rotatable bonds is 4. The molecule has 0 aliphatic carbocycles. The molecule has 1 atom stereocenters. The average molecular weight is 273 g/mol. The molecule has 3 nitrogen and oxygen atoms in total. The van der Waals surface area contributed by atoms with Crippen molar-refractivity contribution in [3.63, 3.8) is 0 Å². The molecule has 0 fully saturated rings. The van der Waals surface area contributed by atoms with Gasteiger partial charge in [-0.2, -0.15) is 0 Å². The van der Waals surface area contributed by atoms with Crippen molar-refractivity contribution in [3.8, 4) is 11.8 Å². The summed E-state index contributed by atoms with van der Waals surface area (Å²) in [5, 5.41) is 8.76. The maximum Gasteiger partial charge on any atom is 0.254 e. The van der Waals surface area contributed by atoms with Gasteiger partial charge >= 0.3 is 0 Å². The number of nitrogens with zero attached hydrogens (tertiary/aromatic N) is 1. The molecule has 3 heteroatoms. The summed E-state index contributed by atoms with van der Waals surface area (Å²) in [7, 11) is 0. The highest BCUT2D eigenvalue weighted by Crippen LogP contribution is 2.14. The number of hydrogen-bond donors (Lipinski definition) is 1. The van der Waals surface area contributed by atoms with Gasteiger partial charge < -0.3 is 10.0 Å². The summed E-state index contributed by atoms with van der Waals surface area (Å²) in [5.41, 5.74) is 2.43. The van der Waals surface area contributed by atoms with Crippen LogP contribution in [0.15, 0.2) is 18.2 Å². The van der Waals surface area contributed by atoms with Crippen LogP contribution in [0, 0.1) is 18.8 Å². The van der Waals surface area contributed by atoms with Crippen LogP contribution >= 0.6 is 0 Å². The highest BCUT2D eigenvalue weighted by Gasteiger charge is 2.19. The van der Waals surface area contributed by atoms with E-state index in [1.165, 1.54) is 0 Å². The van der Waals surface area contributed by atoms with Crippen LogP contribution in [0.4, 0.5) is 0 Å². The number of benzene rings is 1. The van der Waals surface area contributed by atoms with Crippen LogP contribution in [0.2, 0.25) is 0 Å². The van der Waals surface area contributed by atoms with Gasteiger partial charge in [-0.05, 0) is 51.0 Å². The lowest BCUT2D eigenvalue weighted by molar-refractivity contribution is 0.0700. The first-order valence-electron chi connectivity index (χ1n) is 7.05. The third-order valence-corrected chi connectivity index (χ3v) is 3.36. The lowest BCUT2D eigenvalue weighted by Gasteiger charge is -2.27. The standard InChI is InChI=1S/C17H23NO2/c1-5-14(4)18(6-2)17(20)16-11-13(3)10-15(12-16)8-7-9-19/h10-12,14,19H,5-6,9H2,1-4H3. The maximum atomic E-state index is 12.6. The molecule has 1 amide bonds. The van der Waals surface area contributed by atoms with E-state index in [-0.39, 0.29) is 18.6 Å². The van der Waals surface area contributed by atoms with E-state index in [4.69, 9.17) is 5.11 Å². The predicted octanol–water partition coefficient (Wildman–Crippen LogP) is 2.60. The van der Waals surface area contributed by atoms with Crippen LogP contribution in [0.1, 0.15) is 48.7 Å². The molecule has 1 aromatic rings. The molecule has 0 aliphatic heterocycles. The summed E-state index contributed by atoms with van der Waals surface area (Å²) < 4.78 is 0. The van der Waals surface area contributed by atoms with E-state index < -0.39 is 0 Å². The minimum Gasteiger partial charge on any atom is -0.384 e. The van der Waals surface area contributed by atoms with Gasteiger partial charge in [-0.1, -0.05) is 18.8 Å². The van der Waals surface area contributed by atoms with E-state index in [0.717, 1.165) is 17.5 Å². The average Bonchev–Trinajstić information content (AvgIpc) is 2.44. The molecule has 0 aliphatic rings. The Kier molecular flexibility index (Phi) is 6.27. The molecule has 0 aromatic heterocycles. The minimum absolute atomic E-state index is 0.0394. The SMILES string of the molecule is CCC(C)N(CC)C(=O)c1cc(C)cc(C#CCO)c1. The van der Waals surface area contributed by atoms with Gasteiger partial charge in [0.2, 0.25) is 0 Å². The van der Waals surface area contributed by atoms with Gasteiger partial charge in [-0.3, -0.25) is 4.79 Å². The normalized spacial score (nSPS) is 11.4. The van der Waals surface area contributed by atoms with Gasteiger partial charge in [0.25, 0.3) is 5.91 Å². The van der Waals surface area contributed by atoms with Crippen molar-refractivity contribution < 1.29 is 9.90 Å². The minimum atomic E-state index is -0.175. The van der Waals surface area contributed by atoms with Gasteiger partial charge in [0.15, 0.2) is 0 Å². The van der Waals surface area contributed by atoms with Crippen LogP contribution in [0.25, 0.3) is 0 Å². The van der Waals surface area contributed by atoms with Crippen molar-refractivity contribution in [1.82, 2.24) is 4.90 Å². The molecule has 0 bridgehead atoms. The van der Waals surface area contributed by atoms with Crippen LogP contribution < -0.4 is 0 Å². The van der Waals surface area contributed by atoms with E-state index in [2.05, 4.69) is 25.7 Å². The zero-order valence-electron chi connectivity index (χ0n) is 12.7. The summed E-state index contributed by atoms with van der Waals surface area (Å²) in [6.07, 6.45) is 0.933. The molecule has 1 rings (SSSR count). The molecule has 1 aromatic carbocycles. The molecule has 1 unspecified atom stereocenters. The number of aliphatic hydroxyl groups is 1. The fraction of sp³-hybridized carbons (Fsp3) is 0.471. The van der Waals surface area contributed by atoms with Crippen molar-refractivity contribution in [1.29, 1.82) is 0 Å². The Morgan fingerprint density at radius 2 is 2.05 bits per heavy atom. The summed E-state index contributed by atoms with van der Waals surface area (Å²) in [6.45, 7) is 8.59. The number of carbonyl (C=O) groups is 1. The first-order chi connectivity index (χ1) is 9.53. The Morgan fingerprint density at radius 3 is 2.60 bits per heavy atom. The molecule has 0 spiro atoms. The van der Waals surface area contributed by atoms with Gasteiger partial charge in [0.1, 0.15) is 6.61 Å². The fourth-order valence-electron chi connectivity index (χ4n) is 2.16. The van der Waals surface area contributed by atoms with E-state index in [0.29, 0.717) is 12.1 Å². The topological polar surface area (TPSA) is 40.5 Å².